The van der Waals surface area contributed by atoms with Gasteiger partial charge in [0.15, 0.2) is 5.83 Å². The van der Waals surface area contributed by atoms with Crippen LogP contribution in [0.15, 0.2) is 11.9 Å². The zero-order valence-corrected chi connectivity index (χ0v) is 16.3. The van der Waals surface area contributed by atoms with E-state index < -0.39 is 18.8 Å². The number of allylic oxidation sites excluding steroid dienone is 1. The number of rotatable bonds is 6. The minimum absolute atomic E-state index is 0.366. The Kier molecular flexibility index (Phi) is 7.92. The molecule has 0 amide bonds. The van der Waals surface area contributed by atoms with Gasteiger partial charge in [-0.15, -0.1) is 0 Å². The van der Waals surface area contributed by atoms with Gasteiger partial charge in [-0.25, -0.2) is 8.78 Å². The molecule has 0 radical (unpaired) electrons. The van der Waals surface area contributed by atoms with Gasteiger partial charge in [-0.1, -0.05) is 32.6 Å². The van der Waals surface area contributed by atoms with Crippen molar-refractivity contribution in [3.8, 4) is 0 Å². The van der Waals surface area contributed by atoms with Crippen molar-refractivity contribution < 1.29 is 18.3 Å². The Bertz CT molecular complexity index is 429. The number of hydrogen-bond donors (Lipinski definition) is 0. The highest BCUT2D eigenvalue weighted by atomic mass is 19.1. The summed E-state index contributed by atoms with van der Waals surface area (Å²) in [6.07, 6.45) is 13.6. The van der Waals surface area contributed by atoms with E-state index in [1.54, 1.807) is 0 Å². The number of alkyl halides is 1. The topological polar surface area (TPSA) is 18.5 Å². The quantitative estimate of drug-likeness (QED) is 0.553. The fourth-order valence-electron chi connectivity index (χ4n) is 5.56. The van der Waals surface area contributed by atoms with Crippen LogP contribution < -0.4 is 0 Å². The standard InChI is InChI=1S/C22H36F2O2/c1-2-3-16-4-6-17(7-5-16)18-8-10-19(11-9-18)20-14-25-22(26-15-20)21(24)12-13-23/h12,16-20,22H,2-11,13-15H2,1H3/b21-12-. The average Bonchev–Trinajstić information content (AvgIpc) is 2.69. The summed E-state index contributed by atoms with van der Waals surface area (Å²) in [6, 6.07) is 0. The second-order valence-corrected chi connectivity index (χ2v) is 8.75. The Balaban J connectivity index is 1.37. The first kappa shape index (κ1) is 20.3. The Labute approximate surface area is 157 Å². The molecule has 2 saturated carbocycles. The Morgan fingerprint density at radius 2 is 1.35 bits per heavy atom. The van der Waals surface area contributed by atoms with Crippen LogP contribution >= 0.6 is 0 Å². The third-order valence-corrected chi connectivity index (χ3v) is 7.16. The van der Waals surface area contributed by atoms with Crippen LogP contribution in [0.1, 0.15) is 71.1 Å². The lowest BCUT2D eigenvalue weighted by Crippen LogP contribution is -2.38. The maximum Gasteiger partial charge on any atom is 0.210 e. The SMILES string of the molecule is CCCC1CCC(C2CCC(C3COC(/C(F)=C/CF)OC3)CC2)CC1. The summed E-state index contributed by atoms with van der Waals surface area (Å²) in [6.45, 7) is 2.56. The van der Waals surface area contributed by atoms with Crippen LogP contribution in [0.25, 0.3) is 0 Å². The van der Waals surface area contributed by atoms with E-state index in [0.717, 1.165) is 23.8 Å². The molecule has 2 aliphatic carbocycles. The molecule has 3 fully saturated rings. The van der Waals surface area contributed by atoms with Crippen LogP contribution in [0, 0.1) is 29.6 Å². The molecule has 4 heteroatoms. The fraction of sp³-hybridized carbons (Fsp3) is 0.909. The molecule has 2 nitrogen and oxygen atoms in total. The molecule has 26 heavy (non-hydrogen) atoms. The Morgan fingerprint density at radius 1 is 0.846 bits per heavy atom. The zero-order chi connectivity index (χ0) is 18.4. The Hall–Kier alpha value is -0.480. The smallest absolute Gasteiger partial charge is 0.210 e. The lowest BCUT2D eigenvalue weighted by molar-refractivity contribution is -0.198. The summed E-state index contributed by atoms with van der Waals surface area (Å²) in [5, 5.41) is 0. The first-order chi connectivity index (χ1) is 12.7. The molecule has 0 spiro atoms. The van der Waals surface area contributed by atoms with E-state index in [4.69, 9.17) is 9.47 Å². The monoisotopic (exact) mass is 370 g/mol. The van der Waals surface area contributed by atoms with Crippen molar-refractivity contribution in [2.75, 3.05) is 19.9 Å². The highest BCUT2D eigenvalue weighted by Crippen LogP contribution is 2.44. The molecule has 0 unspecified atom stereocenters. The molecule has 1 heterocycles. The fourth-order valence-corrected chi connectivity index (χ4v) is 5.56. The van der Waals surface area contributed by atoms with E-state index in [1.807, 2.05) is 0 Å². The summed E-state index contributed by atoms with van der Waals surface area (Å²) in [7, 11) is 0. The molecule has 150 valence electrons. The molecule has 3 aliphatic rings. The normalized spacial score (nSPS) is 39.7. The van der Waals surface area contributed by atoms with E-state index in [9.17, 15) is 8.78 Å². The number of hydrogen-bond acceptors (Lipinski definition) is 2. The highest BCUT2D eigenvalue weighted by molar-refractivity contribution is 4.96. The van der Waals surface area contributed by atoms with Crippen LogP contribution in [0.2, 0.25) is 0 Å². The van der Waals surface area contributed by atoms with Crippen molar-refractivity contribution in [2.24, 2.45) is 29.6 Å². The minimum atomic E-state index is -0.989. The van der Waals surface area contributed by atoms with Gasteiger partial charge < -0.3 is 9.47 Å². The molecule has 0 atom stereocenters. The molecule has 0 N–H and O–H groups in total. The first-order valence-electron chi connectivity index (χ1n) is 10.9. The molecule has 3 rings (SSSR count). The maximum absolute atomic E-state index is 13.6. The summed E-state index contributed by atoms with van der Waals surface area (Å²) in [5.74, 6) is 3.23. The van der Waals surface area contributed by atoms with Crippen molar-refractivity contribution in [1.29, 1.82) is 0 Å². The van der Waals surface area contributed by atoms with Crippen LogP contribution in [-0.4, -0.2) is 26.2 Å². The van der Waals surface area contributed by atoms with E-state index >= 15 is 0 Å². The number of halogens is 2. The lowest BCUT2D eigenvalue weighted by Gasteiger charge is -2.41. The summed E-state index contributed by atoms with van der Waals surface area (Å²) < 4.78 is 36.8. The molecule has 0 aromatic carbocycles. The van der Waals surface area contributed by atoms with Gasteiger partial charge in [-0.05, 0) is 68.3 Å². The van der Waals surface area contributed by atoms with E-state index in [1.165, 1.54) is 64.2 Å². The van der Waals surface area contributed by atoms with Gasteiger partial charge in [0.1, 0.15) is 6.67 Å². The second kappa shape index (κ2) is 10.2. The van der Waals surface area contributed by atoms with Crippen molar-refractivity contribution >= 4 is 0 Å². The predicted octanol–water partition coefficient (Wildman–Crippen LogP) is 6.21. The van der Waals surface area contributed by atoms with Gasteiger partial charge in [-0.2, -0.15) is 0 Å². The van der Waals surface area contributed by atoms with Crippen molar-refractivity contribution in [2.45, 2.75) is 77.4 Å². The van der Waals surface area contributed by atoms with Crippen LogP contribution in [-0.2, 0) is 9.47 Å². The first-order valence-corrected chi connectivity index (χ1v) is 10.9. The van der Waals surface area contributed by atoms with Crippen LogP contribution in [0.3, 0.4) is 0 Å². The van der Waals surface area contributed by atoms with Gasteiger partial charge in [0.2, 0.25) is 6.29 Å². The van der Waals surface area contributed by atoms with Crippen molar-refractivity contribution in [3.05, 3.63) is 11.9 Å². The van der Waals surface area contributed by atoms with Gasteiger partial charge in [0.05, 0.1) is 13.2 Å². The van der Waals surface area contributed by atoms with E-state index in [2.05, 4.69) is 6.92 Å². The molecule has 0 aromatic rings. The maximum atomic E-state index is 13.6. The summed E-state index contributed by atoms with van der Waals surface area (Å²) in [5.41, 5.74) is 0. The molecule has 0 bridgehead atoms. The lowest BCUT2D eigenvalue weighted by atomic mass is 9.67. The van der Waals surface area contributed by atoms with E-state index in [0.29, 0.717) is 25.0 Å². The molecule has 0 aromatic heterocycles. The van der Waals surface area contributed by atoms with Gasteiger partial charge in [0, 0.05) is 5.92 Å². The van der Waals surface area contributed by atoms with Gasteiger partial charge in [-0.3, -0.25) is 0 Å². The van der Waals surface area contributed by atoms with Crippen LogP contribution in [0.5, 0.6) is 0 Å². The van der Waals surface area contributed by atoms with E-state index in [-0.39, 0.29) is 0 Å². The third kappa shape index (κ3) is 5.28. The van der Waals surface area contributed by atoms with Crippen LogP contribution in [0.4, 0.5) is 8.78 Å². The largest absolute Gasteiger partial charge is 0.346 e. The molecule has 1 aliphatic heterocycles. The second-order valence-electron chi connectivity index (χ2n) is 8.75. The average molecular weight is 371 g/mol. The van der Waals surface area contributed by atoms with Crippen molar-refractivity contribution in [3.63, 3.8) is 0 Å². The third-order valence-electron chi connectivity index (χ3n) is 7.16. The summed E-state index contributed by atoms with van der Waals surface area (Å²) in [4.78, 5) is 0. The predicted molar refractivity (Wildman–Crippen MR) is 100 cm³/mol. The zero-order valence-electron chi connectivity index (χ0n) is 16.3. The summed E-state index contributed by atoms with van der Waals surface area (Å²) >= 11 is 0. The van der Waals surface area contributed by atoms with Crippen molar-refractivity contribution in [1.82, 2.24) is 0 Å². The molecular formula is C22H36F2O2. The highest BCUT2D eigenvalue weighted by Gasteiger charge is 2.35. The van der Waals surface area contributed by atoms with Gasteiger partial charge in [0.25, 0.3) is 0 Å². The molecular weight excluding hydrogens is 334 g/mol. The number of ether oxygens (including phenoxy) is 2. The Morgan fingerprint density at radius 3 is 1.85 bits per heavy atom. The minimum Gasteiger partial charge on any atom is -0.346 e. The molecule has 1 saturated heterocycles. The van der Waals surface area contributed by atoms with Gasteiger partial charge >= 0.3 is 0 Å².